The van der Waals surface area contributed by atoms with Gasteiger partial charge in [0.1, 0.15) is 0 Å². The number of nitrogens with one attached hydrogen (secondary N) is 1. The van der Waals surface area contributed by atoms with Gasteiger partial charge in [0.2, 0.25) is 5.91 Å². The highest BCUT2D eigenvalue weighted by Gasteiger charge is 2.02. The molecule has 0 bridgehead atoms. The van der Waals surface area contributed by atoms with E-state index in [0.29, 0.717) is 6.42 Å². The third-order valence-electron chi connectivity index (χ3n) is 2.20. The molecule has 0 aliphatic carbocycles. The lowest BCUT2D eigenvalue weighted by molar-refractivity contribution is -0.115. The number of hydrogen-bond acceptors (Lipinski definition) is 1. The summed E-state index contributed by atoms with van der Waals surface area (Å²) in [6, 6.07) is 5.92. The monoisotopic (exact) mass is 209 g/mol. The lowest BCUT2D eigenvalue weighted by atomic mass is 10.1. The van der Waals surface area contributed by atoms with Gasteiger partial charge in [0, 0.05) is 13.5 Å². The molecular weight excluding hydrogens is 186 g/mol. The number of amides is 1. The molecule has 0 fully saturated rings. The first-order valence-corrected chi connectivity index (χ1v) is 5.51. The summed E-state index contributed by atoms with van der Waals surface area (Å²) in [5, 5.41) is 2.86. The maximum absolute atomic E-state index is 11.1. The second-order valence-electron chi connectivity index (χ2n) is 3.15. The van der Waals surface area contributed by atoms with Crippen molar-refractivity contribution < 1.29 is 6.22 Å². The zero-order valence-electron chi connectivity index (χ0n) is 10.3. The predicted molar refractivity (Wildman–Crippen MR) is 68.3 cm³/mol. The van der Waals surface area contributed by atoms with E-state index in [2.05, 4.69) is 5.32 Å². The Kier molecular flexibility index (Phi) is 6.43. The van der Waals surface area contributed by atoms with E-state index in [1.54, 1.807) is 0 Å². The van der Waals surface area contributed by atoms with Crippen LogP contribution in [0.25, 0.3) is 0 Å². The van der Waals surface area contributed by atoms with Crippen molar-refractivity contribution in [3.63, 3.8) is 0 Å². The molecule has 0 saturated heterocycles. The van der Waals surface area contributed by atoms with E-state index in [-0.39, 0.29) is 7.33 Å². The topological polar surface area (TPSA) is 29.1 Å². The number of carbonyl (C=O) groups excluding carboxylic acids is 1. The second kappa shape index (κ2) is 7.04. The number of anilines is 1. The maximum atomic E-state index is 11.1. The third-order valence-corrected chi connectivity index (χ3v) is 2.20. The van der Waals surface area contributed by atoms with Crippen LogP contribution in [0, 0.1) is 13.8 Å². The fourth-order valence-electron chi connectivity index (χ4n) is 1.13. The zero-order chi connectivity index (χ0) is 11.8. The summed E-state index contributed by atoms with van der Waals surface area (Å²) in [7, 11) is 0. The average molecular weight is 209 g/mol. The highest BCUT2D eigenvalue weighted by molar-refractivity contribution is 5.91. The minimum absolute atomic E-state index is 0. The van der Waals surface area contributed by atoms with Crippen molar-refractivity contribution in [3.05, 3.63) is 29.3 Å². The third kappa shape index (κ3) is 4.15. The molecule has 2 nitrogen and oxygen atoms in total. The summed E-state index contributed by atoms with van der Waals surface area (Å²) >= 11 is 0. The molecule has 2 heteroatoms. The largest absolute Gasteiger partial charge is 0.326 e. The number of benzene rings is 1. The van der Waals surface area contributed by atoms with Crippen LogP contribution >= 0.6 is 0 Å². The van der Waals surface area contributed by atoms with Gasteiger partial charge in [0.25, 0.3) is 0 Å². The molecule has 0 saturated carbocycles. The molecule has 0 unspecified atom stereocenters. The van der Waals surface area contributed by atoms with E-state index in [4.69, 9.17) is 0 Å². The molecular formula is C13H23NO. The maximum Gasteiger partial charge on any atom is 0.224 e. The Morgan fingerprint density at radius 2 is 1.93 bits per heavy atom. The Balaban J connectivity index is 0. The van der Waals surface area contributed by atoms with Gasteiger partial charge < -0.3 is 5.32 Å². The molecule has 0 aliphatic heterocycles. The average Bonchev–Trinajstić information content (AvgIpc) is 2.27. The van der Waals surface area contributed by atoms with E-state index in [1.165, 1.54) is 5.56 Å². The first-order valence-electron chi connectivity index (χ1n) is 5.51. The van der Waals surface area contributed by atoms with Gasteiger partial charge >= 0.3 is 0 Å². The Labute approximate surface area is 94.2 Å². The fraction of sp³-hybridized carbons (Fsp3) is 0.462. The van der Waals surface area contributed by atoms with Crippen molar-refractivity contribution in [1.29, 1.82) is 0 Å². The SMILES string of the molecule is CC.CCC(=O)Nc1cccc(C)c1C.[HH]. The van der Waals surface area contributed by atoms with Crippen LogP contribution in [0.2, 0.25) is 0 Å². The summed E-state index contributed by atoms with van der Waals surface area (Å²) in [4.78, 5) is 11.1. The molecule has 1 aromatic carbocycles. The molecule has 0 aliphatic rings. The van der Waals surface area contributed by atoms with Crippen LogP contribution in [0.15, 0.2) is 18.2 Å². The molecule has 0 atom stereocenters. The van der Waals surface area contributed by atoms with Crippen LogP contribution < -0.4 is 5.32 Å². The van der Waals surface area contributed by atoms with Gasteiger partial charge in [-0.3, -0.25) is 4.79 Å². The molecule has 0 radical (unpaired) electrons. The molecule has 86 valence electrons. The van der Waals surface area contributed by atoms with E-state index in [0.717, 1.165) is 11.3 Å². The van der Waals surface area contributed by atoms with Crippen molar-refractivity contribution in [2.24, 2.45) is 0 Å². The summed E-state index contributed by atoms with van der Waals surface area (Å²) < 4.78 is 0. The van der Waals surface area contributed by atoms with Crippen LogP contribution in [0.3, 0.4) is 0 Å². The number of carbonyl (C=O) groups is 1. The second-order valence-corrected chi connectivity index (χ2v) is 3.15. The fourth-order valence-corrected chi connectivity index (χ4v) is 1.13. The van der Waals surface area contributed by atoms with Crippen molar-refractivity contribution in [2.75, 3.05) is 5.32 Å². The standard InChI is InChI=1S/C11H15NO.C2H6.H2/c1-4-11(13)12-10-7-5-6-8(2)9(10)3;1-2;/h5-7H,4H2,1-3H3,(H,12,13);1-2H3;1H. The van der Waals surface area contributed by atoms with Crippen LogP contribution in [-0.2, 0) is 4.79 Å². The summed E-state index contributed by atoms with van der Waals surface area (Å²) in [5.41, 5.74) is 3.27. The number of hydrogen-bond donors (Lipinski definition) is 1. The van der Waals surface area contributed by atoms with Crippen LogP contribution in [0.1, 0.15) is 39.7 Å². The van der Waals surface area contributed by atoms with E-state index in [1.807, 2.05) is 52.8 Å². The molecule has 15 heavy (non-hydrogen) atoms. The Morgan fingerprint density at radius 1 is 1.33 bits per heavy atom. The highest BCUT2D eigenvalue weighted by Crippen LogP contribution is 2.17. The number of aryl methyl sites for hydroxylation is 1. The Hall–Kier alpha value is -1.31. The molecule has 1 rings (SSSR count). The Morgan fingerprint density at radius 3 is 2.47 bits per heavy atom. The van der Waals surface area contributed by atoms with Crippen LogP contribution in [0.5, 0.6) is 0 Å². The molecule has 1 aromatic rings. The lowest BCUT2D eigenvalue weighted by Crippen LogP contribution is -2.10. The van der Waals surface area contributed by atoms with Crippen molar-refractivity contribution >= 4 is 11.6 Å². The lowest BCUT2D eigenvalue weighted by Gasteiger charge is -2.08. The molecule has 1 amide bonds. The predicted octanol–water partition coefficient (Wildman–Crippen LogP) is 3.92. The highest BCUT2D eigenvalue weighted by atomic mass is 16.1. The van der Waals surface area contributed by atoms with Gasteiger partial charge in [-0.1, -0.05) is 32.9 Å². The molecule has 0 spiro atoms. The van der Waals surface area contributed by atoms with Crippen molar-refractivity contribution in [1.82, 2.24) is 0 Å². The van der Waals surface area contributed by atoms with Gasteiger partial charge in [0.05, 0.1) is 0 Å². The van der Waals surface area contributed by atoms with E-state index >= 15 is 0 Å². The van der Waals surface area contributed by atoms with Gasteiger partial charge in [0.15, 0.2) is 0 Å². The van der Waals surface area contributed by atoms with E-state index < -0.39 is 0 Å². The van der Waals surface area contributed by atoms with Gasteiger partial charge in [-0.15, -0.1) is 0 Å². The number of rotatable bonds is 2. The van der Waals surface area contributed by atoms with Gasteiger partial charge in [-0.2, -0.15) is 0 Å². The first-order chi connectivity index (χ1) is 7.15. The molecule has 0 heterocycles. The molecule has 0 aromatic heterocycles. The summed E-state index contributed by atoms with van der Waals surface area (Å²) in [6.07, 6.45) is 0.521. The van der Waals surface area contributed by atoms with E-state index in [9.17, 15) is 4.79 Å². The zero-order valence-corrected chi connectivity index (χ0v) is 10.3. The van der Waals surface area contributed by atoms with Crippen molar-refractivity contribution in [3.8, 4) is 0 Å². The summed E-state index contributed by atoms with van der Waals surface area (Å²) in [5.74, 6) is 0.0636. The quantitative estimate of drug-likeness (QED) is 0.785. The van der Waals surface area contributed by atoms with Crippen LogP contribution in [0.4, 0.5) is 5.69 Å². The van der Waals surface area contributed by atoms with Gasteiger partial charge in [-0.05, 0) is 31.0 Å². The Bertz CT molecular complexity index is 324. The minimum Gasteiger partial charge on any atom is -0.326 e. The smallest absolute Gasteiger partial charge is 0.224 e. The summed E-state index contributed by atoms with van der Waals surface area (Å²) in [6.45, 7) is 9.90. The minimum atomic E-state index is 0. The van der Waals surface area contributed by atoms with Crippen LogP contribution in [-0.4, -0.2) is 5.91 Å². The molecule has 1 N–H and O–H groups in total. The van der Waals surface area contributed by atoms with Gasteiger partial charge in [-0.25, -0.2) is 0 Å². The first kappa shape index (κ1) is 13.7. The van der Waals surface area contributed by atoms with Crippen molar-refractivity contribution in [2.45, 2.75) is 41.0 Å². The normalized spacial score (nSPS) is 8.87.